The average Bonchev–Trinajstić information content (AvgIpc) is 2.55. The van der Waals surface area contributed by atoms with E-state index < -0.39 is 5.41 Å². The van der Waals surface area contributed by atoms with Crippen molar-refractivity contribution in [3.8, 4) is 5.75 Å². The Balaban J connectivity index is 2.20. The summed E-state index contributed by atoms with van der Waals surface area (Å²) in [4.78, 5) is 15.0. The summed E-state index contributed by atoms with van der Waals surface area (Å²) in [5, 5.41) is 9.24. The van der Waals surface area contributed by atoms with Crippen LogP contribution in [0.5, 0.6) is 5.75 Å². The molecule has 0 bridgehead atoms. The normalized spacial score (nSPS) is 19.1. The van der Waals surface area contributed by atoms with Crippen LogP contribution in [0.3, 0.4) is 0 Å². The Hall–Kier alpha value is -1.55. The minimum absolute atomic E-state index is 0.136. The minimum atomic E-state index is -0.572. The fraction of sp³-hybridized carbons (Fsp3) is 0.611. The summed E-state index contributed by atoms with van der Waals surface area (Å²) in [5.74, 6) is 0.943. The Bertz CT molecular complexity index is 494. The molecule has 22 heavy (non-hydrogen) atoms. The Morgan fingerprint density at radius 3 is 2.59 bits per heavy atom. The molecule has 1 amide bonds. The van der Waals surface area contributed by atoms with E-state index in [4.69, 9.17) is 4.74 Å². The molecule has 1 N–H and O–H groups in total. The van der Waals surface area contributed by atoms with Crippen molar-refractivity contribution < 1.29 is 14.6 Å². The van der Waals surface area contributed by atoms with Crippen molar-refractivity contribution in [3.63, 3.8) is 0 Å². The van der Waals surface area contributed by atoms with Gasteiger partial charge in [0.15, 0.2) is 0 Å². The van der Waals surface area contributed by atoms with Crippen LogP contribution in [0.4, 0.5) is 0 Å². The topological polar surface area (TPSA) is 49.8 Å². The molecule has 1 saturated heterocycles. The number of hydrogen-bond acceptors (Lipinski definition) is 3. The van der Waals surface area contributed by atoms with Gasteiger partial charge in [0.05, 0.1) is 12.5 Å². The first-order chi connectivity index (χ1) is 10.5. The van der Waals surface area contributed by atoms with E-state index in [2.05, 4.69) is 0 Å². The van der Waals surface area contributed by atoms with E-state index in [0.717, 1.165) is 37.1 Å². The van der Waals surface area contributed by atoms with Gasteiger partial charge in [0.1, 0.15) is 5.75 Å². The van der Waals surface area contributed by atoms with Gasteiger partial charge in [-0.05, 0) is 57.2 Å². The predicted molar refractivity (Wildman–Crippen MR) is 87.1 cm³/mol. The van der Waals surface area contributed by atoms with E-state index >= 15 is 0 Å². The van der Waals surface area contributed by atoms with Gasteiger partial charge in [-0.3, -0.25) is 4.79 Å². The molecule has 0 aliphatic carbocycles. The first-order valence-electron chi connectivity index (χ1n) is 8.07. The zero-order valence-electron chi connectivity index (χ0n) is 13.8. The van der Waals surface area contributed by atoms with Crippen LogP contribution < -0.4 is 4.74 Å². The van der Waals surface area contributed by atoms with E-state index in [1.165, 1.54) is 0 Å². The number of methoxy groups -OCH3 is 1. The van der Waals surface area contributed by atoms with Gasteiger partial charge in [0.2, 0.25) is 5.91 Å². The lowest BCUT2D eigenvalue weighted by Crippen LogP contribution is -2.51. The van der Waals surface area contributed by atoms with Gasteiger partial charge in [-0.1, -0.05) is 12.1 Å². The number of carbonyl (C=O) groups is 1. The molecule has 1 atom stereocenters. The fourth-order valence-corrected chi connectivity index (χ4v) is 3.21. The molecule has 1 aliphatic heterocycles. The molecular weight excluding hydrogens is 278 g/mol. The van der Waals surface area contributed by atoms with Gasteiger partial charge in [-0.25, -0.2) is 0 Å². The van der Waals surface area contributed by atoms with Crippen LogP contribution in [-0.4, -0.2) is 42.2 Å². The maximum Gasteiger partial charge on any atom is 0.232 e. The lowest BCUT2D eigenvalue weighted by molar-refractivity contribution is -0.140. The Kier molecular flexibility index (Phi) is 5.46. The predicted octanol–water partition coefficient (Wildman–Crippen LogP) is 2.74. The second-order valence-corrected chi connectivity index (χ2v) is 6.51. The van der Waals surface area contributed by atoms with Crippen molar-refractivity contribution in [2.45, 2.75) is 51.0 Å². The number of piperidine rings is 1. The van der Waals surface area contributed by atoms with Crippen LogP contribution in [0, 0.1) is 0 Å². The number of nitrogens with zero attached hydrogens (tertiary/aromatic N) is 1. The highest BCUT2D eigenvalue weighted by Gasteiger charge is 2.37. The van der Waals surface area contributed by atoms with Crippen molar-refractivity contribution >= 4 is 5.91 Å². The number of amides is 1. The number of aliphatic hydroxyl groups is 1. The third kappa shape index (κ3) is 3.43. The van der Waals surface area contributed by atoms with E-state index in [1.54, 1.807) is 7.11 Å². The molecule has 1 unspecified atom stereocenters. The van der Waals surface area contributed by atoms with Gasteiger partial charge in [0.25, 0.3) is 0 Å². The summed E-state index contributed by atoms with van der Waals surface area (Å²) in [7, 11) is 1.64. The van der Waals surface area contributed by atoms with Crippen molar-refractivity contribution in [1.29, 1.82) is 0 Å². The molecule has 0 saturated carbocycles. The van der Waals surface area contributed by atoms with Crippen LogP contribution in [0.25, 0.3) is 0 Å². The van der Waals surface area contributed by atoms with Crippen LogP contribution >= 0.6 is 0 Å². The number of aliphatic hydroxyl groups excluding tert-OH is 1. The van der Waals surface area contributed by atoms with Crippen LogP contribution in [0.1, 0.15) is 45.1 Å². The lowest BCUT2D eigenvalue weighted by atomic mass is 9.82. The summed E-state index contributed by atoms with van der Waals surface area (Å²) in [6.07, 6.45) is 3.85. The standard InChI is InChI=1S/C18H27NO3/c1-18(2,14-7-9-16(22-3)10-8-14)17(21)19-12-5-4-6-15(19)11-13-20/h7-10,15,20H,4-6,11-13H2,1-3H3. The van der Waals surface area contributed by atoms with Crippen LogP contribution in [0.2, 0.25) is 0 Å². The van der Waals surface area contributed by atoms with Crippen LogP contribution in [0.15, 0.2) is 24.3 Å². The van der Waals surface area contributed by atoms with Crippen molar-refractivity contribution in [2.75, 3.05) is 20.3 Å². The molecule has 1 aromatic carbocycles. The van der Waals surface area contributed by atoms with E-state index in [1.807, 2.05) is 43.0 Å². The Morgan fingerprint density at radius 1 is 1.32 bits per heavy atom. The molecule has 1 aromatic rings. The zero-order chi connectivity index (χ0) is 16.2. The number of ether oxygens (including phenoxy) is 1. The second-order valence-electron chi connectivity index (χ2n) is 6.51. The highest BCUT2D eigenvalue weighted by Crippen LogP contribution is 2.31. The highest BCUT2D eigenvalue weighted by atomic mass is 16.5. The summed E-state index contributed by atoms with van der Waals surface area (Å²) in [6.45, 7) is 4.88. The molecule has 0 aromatic heterocycles. The molecule has 0 spiro atoms. The van der Waals surface area contributed by atoms with E-state index in [0.29, 0.717) is 6.42 Å². The average molecular weight is 305 g/mol. The Morgan fingerprint density at radius 2 is 2.00 bits per heavy atom. The van der Waals surface area contributed by atoms with Crippen LogP contribution in [-0.2, 0) is 10.2 Å². The quantitative estimate of drug-likeness (QED) is 0.910. The maximum atomic E-state index is 13.1. The molecule has 1 aliphatic rings. The number of carbonyl (C=O) groups excluding carboxylic acids is 1. The summed E-state index contributed by atoms with van der Waals surface area (Å²) in [6, 6.07) is 7.88. The Labute approximate surface area is 133 Å². The molecule has 4 heteroatoms. The van der Waals surface area contributed by atoms with Crippen molar-refractivity contribution in [2.24, 2.45) is 0 Å². The van der Waals surface area contributed by atoms with E-state index in [-0.39, 0.29) is 18.6 Å². The van der Waals surface area contributed by atoms with Gasteiger partial charge >= 0.3 is 0 Å². The van der Waals surface area contributed by atoms with E-state index in [9.17, 15) is 9.90 Å². The zero-order valence-corrected chi connectivity index (χ0v) is 13.8. The third-order valence-corrected chi connectivity index (χ3v) is 4.70. The smallest absolute Gasteiger partial charge is 0.232 e. The number of benzene rings is 1. The number of rotatable bonds is 5. The largest absolute Gasteiger partial charge is 0.497 e. The molecule has 0 radical (unpaired) electrons. The summed E-state index contributed by atoms with van der Waals surface area (Å²) in [5.41, 5.74) is 0.420. The molecule has 1 heterocycles. The highest BCUT2D eigenvalue weighted by molar-refractivity contribution is 5.87. The molecule has 122 valence electrons. The SMILES string of the molecule is COc1ccc(C(C)(C)C(=O)N2CCCCC2CCO)cc1. The van der Waals surface area contributed by atoms with Gasteiger partial charge in [0, 0.05) is 19.2 Å². The van der Waals surface area contributed by atoms with Crippen molar-refractivity contribution in [3.05, 3.63) is 29.8 Å². The molecule has 2 rings (SSSR count). The van der Waals surface area contributed by atoms with Gasteiger partial charge < -0.3 is 14.7 Å². The van der Waals surface area contributed by atoms with Gasteiger partial charge in [-0.15, -0.1) is 0 Å². The maximum absolute atomic E-state index is 13.1. The fourth-order valence-electron chi connectivity index (χ4n) is 3.21. The molecular formula is C18H27NO3. The lowest BCUT2D eigenvalue weighted by Gasteiger charge is -2.40. The van der Waals surface area contributed by atoms with Crippen molar-refractivity contribution in [1.82, 2.24) is 4.90 Å². The second kappa shape index (κ2) is 7.14. The minimum Gasteiger partial charge on any atom is -0.497 e. The first kappa shape index (κ1) is 16.8. The van der Waals surface area contributed by atoms with Gasteiger partial charge in [-0.2, -0.15) is 0 Å². The number of hydrogen-bond donors (Lipinski definition) is 1. The molecule has 4 nitrogen and oxygen atoms in total. The first-order valence-corrected chi connectivity index (χ1v) is 8.07. The monoisotopic (exact) mass is 305 g/mol. The summed E-state index contributed by atoms with van der Waals surface area (Å²) < 4.78 is 5.18. The third-order valence-electron chi connectivity index (χ3n) is 4.70. The number of likely N-dealkylation sites (tertiary alicyclic amines) is 1. The summed E-state index contributed by atoms with van der Waals surface area (Å²) >= 11 is 0. The molecule has 1 fully saturated rings.